The lowest BCUT2D eigenvalue weighted by Crippen LogP contribution is -2.67. The Kier molecular flexibility index (Phi) is 5.35. The van der Waals surface area contributed by atoms with Gasteiger partial charge in [0.2, 0.25) is 11.8 Å². The van der Waals surface area contributed by atoms with Gasteiger partial charge in [0.25, 0.3) is 0 Å². The first-order chi connectivity index (χ1) is 14.0. The summed E-state index contributed by atoms with van der Waals surface area (Å²) in [4.78, 5) is 29.8. The van der Waals surface area contributed by atoms with Crippen LogP contribution >= 0.6 is 0 Å². The molecule has 0 aromatic rings. The molecule has 2 amide bonds. The molecule has 4 unspecified atom stereocenters. The summed E-state index contributed by atoms with van der Waals surface area (Å²) in [5, 5.41) is 2.47. The number of hydrazine groups is 1. The summed E-state index contributed by atoms with van der Waals surface area (Å²) in [6.45, 7) is 7.99. The molecular weight excluding hydrogens is 364 g/mol. The van der Waals surface area contributed by atoms with Crippen LogP contribution in [0, 0.1) is 23.7 Å². The van der Waals surface area contributed by atoms with Gasteiger partial charge in [-0.15, -0.1) is 0 Å². The minimum absolute atomic E-state index is 0.138. The van der Waals surface area contributed by atoms with Crippen LogP contribution in [0.3, 0.4) is 0 Å². The van der Waals surface area contributed by atoms with E-state index in [4.69, 9.17) is 0 Å². The van der Waals surface area contributed by atoms with Gasteiger partial charge in [0.05, 0.1) is 12.1 Å². The predicted octanol–water partition coefficient (Wildman–Crippen LogP) is 2.25. The average molecular weight is 403 g/mol. The Morgan fingerprint density at radius 1 is 0.966 bits per heavy atom. The maximum atomic E-state index is 13.1. The number of nitrogens with zero attached hydrogens (tertiary/aromatic N) is 3. The van der Waals surface area contributed by atoms with Gasteiger partial charge in [-0.05, 0) is 69.6 Å². The molecule has 3 aliphatic carbocycles. The summed E-state index contributed by atoms with van der Waals surface area (Å²) in [6, 6.07) is 0.581. The number of hydrogen-bond acceptors (Lipinski definition) is 4. The number of hydrogen-bond donors (Lipinski definition) is 1. The van der Waals surface area contributed by atoms with Gasteiger partial charge in [-0.1, -0.05) is 6.42 Å². The van der Waals surface area contributed by atoms with Crippen molar-refractivity contribution < 1.29 is 9.59 Å². The fourth-order valence-corrected chi connectivity index (χ4v) is 6.55. The normalized spacial score (nSPS) is 38.6. The van der Waals surface area contributed by atoms with Crippen LogP contribution in [0.1, 0.15) is 65.2 Å². The van der Waals surface area contributed by atoms with Crippen LogP contribution in [0.2, 0.25) is 0 Å². The molecule has 0 aromatic heterocycles. The third kappa shape index (κ3) is 3.83. The number of carbonyl (C=O) groups is 2. The van der Waals surface area contributed by atoms with E-state index < -0.39 is 0 Å². The lowest BCUT2D eigenvalue weighted by Gasteiger charge is -2.54. The van der Waals surface area contributed by atoms with Crippen LogP contribution in [0.4, 0.5) is 0 Å². The molecule has 2 heterocycles. The van der Waals surface area contributed by atoms with E-state index in [9.17, 15) is 9.59 Å². The molecule has 0 radical (unpaired) electrons. The zero-order chi connectivity index (χ0) is 20.1. The fourth-order valence-electron chi connectivity index (χ4n) is 6.55. The SMILES string of the molecule is CC(=O)N1C2CCC(C3CNN(CC4CCC4)C3)CC2N(C(=O)C2CC2)C[C@@H]1C. The van der Waals surface area contributed by atoms with Crippen LogP contribution < -0.4 is 5.43 Å². The largest absolute Gasteiger partial charge is 0.335 e. The monoisotopic (exact) mass is 402 g/mol. The smallest absolute Gasteiger partial charge is 0.226 e. The van der Waals surface area contributed by atoms with E-state index in [0.717, 1.165) is 51.2 Å². The highest BCUT2D eigenvalue weighted by atomic mass is 16.2. The quantitative estimate of drug-likeness (QED) is 0.784. The van der Waals surface area contributed by atoms with Gasteiger partial charge in [-0.25, -0.2) is 5.01 Å². The van der Waals surface area contributed by atoms with Crippen molar-refractivity contribution in [2.24, 2.45) is 23.7 Å². The maximum Gasteiger partial charge on any atom is 0.226 e. The average Bonchev–Trinajstić information content (AvgIpc) is 3.41. The van der Waals surface area contributed by atoms with Crippen molar-refractivity contribution in [3.05, 3.63) is 0 Å². The molecule has 6 heteroatoms. The maximum absolute atomic E-state index is 13.1. The molecule has 1 N–H and O–H groups in total. The van der Waals surface area contributed by atoms with Crippen LogP contribution in [0.15, 0.2) is 0 Å². The molecule has 5 fully saturated rings. The predicted molar refractivity (Wildman–Crippen MR) is 112 cm³/mol. The van der Waals surface area contributed by atoms with E-state index in [-0.39, 0.29) is 30.0 Å². The van der Waals surface area contributed by atoms with Crippen LogP contribution in [-0.4, -0.2) is 70.9 Å². The van der Waals surface area contributed by atoms with Gasteiger partial charge < -0.3 is 9.80 Å². The van der Waals surface area contributed by atoms with E-state index >= 15 is 0 Å². The summed E-state index contributed by atoms with van der Waals surface area (Å²) >= 11 is 0. The van der Waals surface area contributed by atoms with Crippen molar-refractivity contribution in [2.75, 3.05) is 26.2 Å². The van der Waals surface area contributed by atoms with Gasteiger partial charge in [0.1, 0.15) is 0 Å². The van der Waals surface area contributed by atoms with Crippen molar-refractivity contribution in [3.63, 3.8) is 0 Å². The Morgan fingerprint density at radius 2 is 1.76 bits per heavy atom. The molecule has 0 bridgehead atoms. The van der Waals surface area contributed by atoms with Gasteiger partial charge in [-0.3, -0.25) is 15.0 Å². The number of fused-ring (bicyclic) bond motifs is 1. The fraction of sp³-hybridized carbons (Fsp3) is 0.913. The molecule has 0 aromatic carbocycles. The number of rotatable bonds is 4. The number of amides is 2. The van der Waals surface area contributed by atoms with Crippen molar-refractivity contribution in [1.29, 1.82) is 0 Å². The first-order valence-corrected chi connectivity index (χ1v) is 12.1. The van der Waals surface area contributed by atoms with Gasteiger partial charge in [0.15, 0.2) is 0 Å². The second-order valence-corrected chi connectivity index (χ2v) is 10.6. The molecular formula is C23H38N4O2. The topological polar surface area (TPSA) is 55.9 Å². The van der Waals surface area contributed by atoms with Crippen LogP contribution in [-0.2, 0) is 9.59 Å². The number of carbonyl (C=O) groups excluding carboxylic acids is 2. The minimum Gasteiger partial charge on any atom is -0.335 e. The van der Waals surface area contributed by atoms with E-state index in [2.05, 4.69) is 27.2 Å². The second-order valence-electron chi connectivity index (χ2n) is 10.6. The summed E-state index contributed by atoms with van der Waals surface area (Å²) in [5.41, 5.74) is 3.66. The molecule has 5 rings (SSSR count). The van der Waals surface area contributed by atoms with Crippen molar-refractivity contribution in [2.45, 2.75) is 83.3 Å². The standard InChI is InChI=1S/C23H38N4O2/c1-15-12-26(23(29)18-6-7-18)22-10-19(8-9-21(22)27(15)16(2)28)20-11-24-25(14-20)13-17-4-3-5-17/h15,17-22,24H,3-14H2,1-2H3/t15-,19?,20?,21?,22?/m0/s1. The Hall–Kier alpha value is -1.14. The highest BCUT2D eigenvalue weighted by Gasteiger charge is 2.49. The number of piperazine rings is 1. The second kappa shape index (κ2) is 7.84. The zero-order valence-corrected chi connectivity index (χ0v) is 18.2. The Morgan fingerprint density at radius 3 is 2.41 bits per heavy atom. The van der Waals surface area contributed by atoms with E-state index in [1.54, 1.807) is 6.92 Å². The van der Waals surface area contributed by atoms with Crippen molar-refractivity contribution in [3.8, 4) is 0 Å². The summed E-state index contributed by atoms with van der Waals surface area (Å²) < 4.78 is 0. The molecule has 3 saturated carbocycles. The first kappa shape index (κ1) is 19.8. The van der Waals surface area contributed by atoms with Crippen molar-refractivity contribution >= 4 is 11.8 Å². The molecule has 5 atom stereocenters. The van der Waals surface area contributed by atoms with E-state index in [0.29, 0.717) is 17.7 Å². The molecule has 2 aliphatic heterocycles. The molecule has 5 aliphatic rings. The number of nitrogens with one attached hydrogen (secondary N) is 1. The highest BCUT2D eigenvalue weighted by Crippen LogP contribution is 2.42. The van der Waals surface area contributed by atoms with Gasteiger partial charge in [0, 0.05) is 45.1 Å². The zero-order valence-electron chi connectivity index (χ0n) is 18.2. The molecule has 162 valence electrons. The third-order valence-electron chi connectivity index (χ3n) is 8.49. The van der Waals surface area contributed by atoms with Crippen LogP contribution in [0.25, 0.3) is 0 Å². The van der Waals surface area contributed by atoms with Gasteiger partial charge in [-0.2, -0.15) is 0 Å². The molecule has 29 heavy (non-hydrogen) atoms. The van der Waals surface area contributed by atoms with Crippen molar-refractivity contribution in [1.82, 2.24) is 20.2 Å². The first-order valence-electron chi connectivity index (χ1n) is 12.1. The third-order valence-corrected chi connectivity index (χ3v) is 8.49. The summed E-state index contributed by atoms with van der Waals surface area (Å²) in [5.74, 6) is 3.04. The Labute approximate surface area is 175 Å². The lowest BCUT2D eigenvalue weighted by molar-refractivity contribution is -0.155. The summed E-state index contributed by atoms with van der Waals surface area (Å²) in [7, 11) is 0. The van der Waals surface area contributed by atoms with Gasteiger partial charge >= 0.3 is 0 Å². The Bertz CT molecular complexity index is 647. The molecule has 6 nitrogen and oxygen atoms in total. The van der Waals surface area contributed by atoms with Crippen LogP contribution in [0.5, 0.6) is 0 Å². The Balaban J connectivity index is 1.27. The van der Waals surface area contributed by atoms with E-state index in [1.165, 1.54) is 32.2 Å². The highest BCUT2D eigenvalue weighted by molar-refractivity contribution is 5.82. The molecule has 2 saturated heterocycles. The minimum atomic E-state index is 0.138. The lowest BCUT2D eigenvalue weighted by atomic mass is 9.73. The van der Waals surface area contributed by atoms with E-state index in [1.807, 2.05) is 0 Å². The molecule has 0 spiro atoms. The summed E-state index contributed by atoms with van der Waals surface area (Å²) in [6.07, 6.45) is 9.63.